The summed E-state index contributed by atoms with van der Waals surface area (Å²) in [4.78, 5) is 14.2. The highest BCUT2D eigenvalue weighted by atomic mass is 19.2. The van der Waals surface area contributed by atoms with Gasteiger partial charge in [0.05, 0.1) is 24.1 Å². The fourth-order valence-electron chi connectivity index (χ4n) is 2.73. The Balaban J connectivity index is 1.73. The van der Waals surface area contributed by atoms with Crippen molar-refractivity contribution in [2.45, 2.75) is 18.8 Å². The third-order valence-corrected chi connectivity index (χ3v) is 3.98. The van der Waals surface area contributed by atoms with Gasteiger partial charge in [0.2, 0.25) is 0 Å². The zero-order valence-electron chi connectivity index (χ0n) is 11.6. The standard InChI is InChI=1S/C16H13F2NO3/c17-11-7-13-14(8-12(11)18)21-6-4-19(13)16(20)10-3-5-22-15(10)9-1-2-9/h3,5,7-9H,1-2,4,6H2. The summed E-state index contributed by atoms with van der Waals surface area (Å²) in [7, 11) is 0. The molecule has 0 spiro atoms. The van der Waals surface area contributed by atoms with E-state index in [9.17, 15) is 13.6 Å². The molecule has 0 atom stereocenters. The van der Waals surface area contributed by atoms with E-state index in [0.29, 0.717) is 17.2 Å². The van der Waals surface area contributed by atoms with E-state index < -0.39 is 11.6 Å². The van der Waals surface area contributed by atoms with Crippen LogP contribution in [0.15, 0.2) is 28.9 Å². The highest BCUT2D eigenvalue weighted by molar-refractivity contribution is 6.07. The maximum Gasteiger partial charge on any atom is 0.262 e. The number of carbonyl (C=O) groups excluding carboxylic acids is 1. The number of nitrogens with zero attached hydrogens (tertiary/aromatic N) is 1. The summed E-state index contributed by atoms with van der Waals surface area (Å²) in [5.41, 5.74) is 0.734. The number of fused-ring (bicyclic) bond motifs is 1. The maximum absolute atomic E-state index is 13.5. The van der Waals surface area contributed by atoms with Gasteiger partial charge in [0.15, 0.2) is 11.6 Å². The predicted molar refractivity (Wildman–Crippen MR) is 74.2 cm³/mol. The topological polar surface area (TPSA) is 42.7 Å². The van der Waals surface area contributed by atoms with Crippen LogP contribution in [0.25, 0.3) is 0 Å². The number of hydrogen-bond donors (Lipinski definition) is 0. The van der Waals surface area contributed by atoms with E-state index >= 15 is 0 Å². The molecule has 1 aliphatic heterocycles. The molecule has 0 saturated heterocycles. The average Bonchev–Trinajstić information content (AvgIpc) is 3.24. The van der Waals surface area contributed by atoms with Gasteiger partial charge in [0, 0.05) is 18.1 Å². The van der Waals surface area contributed by atoms with E-state index in [2.05, 4.69) is 0 Å². The molecule has 0 unspecified atom stereocenters. The molecule has 1 aromatic carbocycles. The van der Waals surface area contributed by atoms with Crippen molar-refractivity contribution < 1.29 is 22.7 Å². The van der Waals surface area contributed by atoms with Gasteiger partial charge >= 0.3 is 0 Å². The number of anilines is 1. The highest BCUT2D eigenvalue weighted by Gasteiger charge is 2.34. The molecule has 4 rings (SSSR count). The minimum atomic E-state index is -1.00. The van der Waals surface area contributed by atoms with Crippen LogP contribution >= 0.6 is 0 Å². The van der Waals surface area contributed by atoms with Crippen molar-refractivity contribution >= 4 is 11.6 Å². The molecule has 1 aromatic heterocycles. The fraction of sp³-hybridized carbons (Fsp3) is 0.312. The Morgan fingerprint density at radius 2 is 2.00 bits per heavy atom. The van der Waals surface area contributed by atoms with Crippen LogP contribution in [0.2, 0.25) is 0 Å². The van der Waals surface area contributed by atoms with Gasteiger partial charge in [-0.2, -0.15) is 0 Å². The van der Waals surface area contributed by atoms with Gasteiger partial charge in [-0.3, -0.25) is 4.79 Å². The molecule has 2 heterocycles. The molecule has 22 heavy (non-hydrogen) atoms. The number of halogens is 2. The van der Waals surface area contributed by atoms with Crippen molar-refractivity contribution in [2.24, 2.45) is 0 Å². The van der Waals surface area contributed by atoms with Crippen LogP contribution in [0.3, 0.4) is 0 Å². The van der Waals surface area contributed by atoms with Gasteiger partial charge in [-0.15, -0.1) is 0 Å². The van der Waals surface area contributed by atoms with Gasteiger partial charge in [0.25, 0.3) is 5.91 Å². The third kappa shape index (κ3) is 2.06. The molecular formula is C16H13F2NO3. The Bertz CT molecular complexity index is 752. The first kappa shape index (κ1) is 13.3. The second-order valence-corrected chi connectivity index (χ2v) is 5.51. The monoisotopic (exact) mass is 305 g/mol. The number of amides is 1. The van der Waals surface area contributed by atoms with Gasteiger partial charge < -0.3 is 14.1 Å². The number of hydrogen-bond acceptors (Lipinski definition) is 3. The third-order valence-electron chi connectivity index (χ3n) is 3.98. The molecule has 2 aliphatic rings. The zero-order valence-corrected chi connectivity index (χ0v) is 11.6. The van der Waals surface area contributed by atoms with Crippen LogP contribution in [0, 0.1) is 11.6 Å². The van der Waals surface area contributed by atoms with Crippen molar-refractivity contribution in [3.8, 4) is 5.75 Å². The molecule has 6 heteroatoms. The lowest BCUT2D eigenvalue weighted by molar-refractivity contribution is 0.0974. The van der Waals surface area contributed by atoms with Crippen LogP contribution in [-0.4, -0.2) is 19.1 Å². The molecule has 1 saturated carbocycles. The minimum Gasteiger partial charge on any atom is -0.489 e. The molecule has 0 N–H and O–H groups in total. The maximum atomic E-state index is 13.5. The van der Waals surface area contributed by atoms with E-state index in [4.69, 9.17) is 9.15 Å². The average molecular weight is 305 g/mol. The Labute approximate surface area is 125 Å². The first-order valence-electron chi connectivity index (χ1n) is 7.16. The first-order valence-corrected chi connectivity index (χ1v) is 7.16. The first-order chi connectivity index (χ1) is 10.6. The van der Waals surface area contributed by atoms with E-state index in [0.717, 1.165) is 25.0 Å². The molecule has 0 bridgehead atoms. The predicted octanol–water partition coefficient (Wildman–Crippen LogP) is 3.47. The molecule has 1 aliphatic carbocycles. The van der Waals surface area contributed by atoms with E-state index in [-0.39, 0.29) is 30.5 Å². The largest absolute Gasteiger partial charge is 0.489 e. The number of rotatable bonds is 2. The zero-order chi connectivity index (χ0) is 15.3. The molecule has 4 nitrogen and oxygen atoms in total. The molecule has 2 aromatic rings. The summed E-state index contributed by atoms with van der Waals surface area (Å²) >= 11 is 0. The molecule has 1 amide bonds. The van der Waals surface area contributed by atoms with Crippen molar-refractivity contribution in [3.05, 3.63) is 47.4 Å². The molecule has 1 fully saturated rings. The normalized spacial score (nSPS) is 17.1. The van der Waals surface area contributed by atoms with Crippen LogP contribution in [0.5, 0.6) is 5.75 Å². The van der Waals surface area contributed by atoms with Crippen LogP contribution in [0.1, 0.15) is 34.9 Å². The van der Waals surface area contributed by atoms with Crippen molar-refractivity contribution in [1.29, 1.82) is 0 Å². The fourth-order valence-corrected chi connectivity index (χ4v) is 2.73. The second-order valence-electron chi connectivity index (χ2n) is 5.51. The quantitative estimate of drug-likeness (QED) is 0.853. The van der Waals surface area contributed by atoms with E-state index in [1.54, 1.807) is 6.07 Å². The van der Waals surface area contributed by atoms with Gasteiger partial charge in [-0.05, 0) is 18.9 Å². The molecular weight excluding hydrogens is 292 g/mol. The van der Waals surface area contributed by atoms with Crippen LogP contribution in [0.4, 0.5) is 14.5 Å². The minimum absolute atomic E-state index is 0.176. The summed E-state index contributed by atoms with van der Waals surface area (Å²) < 4.78 is 37.6. The van der Waals surface area contributed by atoms with Crippen molar-refractivity contribution in [3.63, 3.8) is 0 Å². The smallest absolute Gasteiger partial charge is 0.262 e. The Morgan fingerprint density at radius 3 is 2.77 bits per heavy atom. The summed E-state index contributed by atoms with van der Waals surface area (Å²) in [5.74, 6) is -1.12. The lowest BCUT2D eigenvalue weighted by Gasteiger charge is -2.29. The molecule has 114 valence electrons. The van der Waals surface area contributed by atoms with Crippen LogP contribution < -0.4 is 9.64 Å². The van der Waals surface area contributed by atoms with E-state index in [1.807, 2.05) is 0 Å². The number of ether oxygens (including phenoxy) is 1. The summed E-state index contributed by atoms with van der Waals surface area (Å²) in [6, 6.07) is 3.60. The Kier molecular flexibility index (Phi) is 2.92. The van der Waals surface area contributed by atoms with Crippen molar-refractivity contribution in [2.75, 3.05) is 18.1 Å². The second kappa shape index (κ2) is 4.83. The van der Waals surface area contributed by atoms with Crippen molar-refractivity contribution in [1.82, 2.24) is 0 Å². The SMILES string of the molecule is O=C(c1ccoc1C1CC1)N1CCOc2cc(F)c(F)cc21. The highest BCUT2D eigenvalue weighted by Crippen LogP contribution is 2.43. The summed E-state index contributed by atoms with van der Waals surface area (Å²) in [5, 5.41) is 0. The number of carbonyl (C=O) groups is 1. The number of furan rings is 1. The number of benzene rings is 1. The van der Waals surface area contributed by atoms with Gasteiger partial charge in [-0.25, -0.2) is 8.78 Å². The Hall–Kier alpha value is -2.37. The van der Waals surface area contributed by atoms with Gasteiger partial charge in [-0.1, -0.05) is 0 Å². The van der Waals surface area contributed by atoms with E-state index in [1.165, 1.54) is 11.2 Å². The lowest BCUT2D eigenvalue weighted by Crippen LogP contribution is -2.38. The lowest BCUT2D eigenvalue weighted by atomic mass is 10.1. The Morgan fingerprint density at radius 1 is 1.23 bits per heavy atom. The summed E-state index contributed by atoms with van der Waals surface area (Å²) in [6.07, 6.45) is 3.51. The molecule has 0 radical (unpaired) electrons. The summed E-state index contributed by atoms with van der Waals surface area (Å²) in [6.45, 7) is 0.520. The van der Waals surface area contributed by atoms with Gasteiger partial charge in [0.1, 0.15) is 18.1 Å². The van der Waals surface area contributed by atoms with Crippen LogP contribution in [-0.2, 0) is 0 Å².